The van der Waals surface area contributed by atoms with Crippen LogP contribution in [0.5, 0.6) is 0 Å². The average Bonchev–Trinajstić information content (AvgIpc) is 3.20. The topological polar surface area (TPSA) is 86.1 Å². The number of halogens is 4. The number of rotatable bonds is 8. The van der Waals surface area contributed by atoms with Crippen LogP contribution < -0.4 is 5.32 Å². The highest BCUT2D eigenvalue weighted by Gasteiger charge is 2.29. The first kappa shape index (κ1) is 24.2. The molecule has 0 fully saturated rings. The molecule has 33 heavy (non-hydrogen) atoms. The van der Waals surface area contributed by atoms with Crippen molar-refractivity contribution in [3.05, 3.63) is 60.4 Å². The van der Waals surface area contributed by atoms with E-state index in [1.54, 1.807) is 46.3 Å². The van der Waals surface area contributed by atoms with E-state index < -0.39 is 36.5 Å². The Morgan fingerprint density at radius 1 is 1.09 bits per heavy atom. The van der Waals surface area contributed by atoms with Gasteiger partial charge in [-0.15, -0.1) is 10.2 Å². The molecule has 3 rings (SSSR count). The van der Waals surface area contributed by atoms with E-state index >= 15 is 0 Å². The zero-order chi connectivity index (χ0) is 24.0. The summed E-state index contributed by atoms with van der Waals surface area (Å²) in [5, 5.41) is 10.2. The van der Waals surface area contributed by atoms with Gasteiger partial charge in [0.2, 0.25) is 0 Å². The van der Waals surface area contributed by atoms with E-state index in [2.05, 4.69) is 10.2 Å². The minimum Gasteiger partial charge on any atom is -0.452 e. The maximum absolute atomic E-state index is 13.3. The first-order valence-electron chi connectivity index (χ1n) is 9.57. The van der Waals surface area contributed by atoms with Gasteiger partial charge in [-0.1, -0.05) is 30.0 Å². The van der Waals surface area contributed by atoms with Crippen molar-refractivity contribution in [2.24, 2.45) is 0 Å². The quantitative estimate of drug-likeness (QED) is 0.299. The number of carbonyl (C=O) groups excluding carboxylic acids is 2. The van der Waals surface area contributed by atoms with Gasteiger partial charge in [0.25, 0.3) is 5.91 Å². The summed E-state index contributed by atoms with van der Waals surface area (Å²) in [6.45, 7) is -0.345. The third-order valence-corrected chi connectivity index (χ3v) is 5.11. The van der Waals surface area contributed by atoms with Crippen molar-refractivity contribution in [2.75, 3.05) is 12.3 Å². The van der Waals surface area contributed by atoms with Crippen LogP contribution in [0.4, 0.5) is 17.6 Å². The van der Waals surface area contributed by atoms with Gasteiger partial charge in [0.05, 0.1) is 5.75 Å². The van der Waals surface area contributed by atoms with Crippen molar-refractivity contribution in [3.63, 3.8) is 0 Å². The third-order valence-electron chi connectivity index (χ3n) is 4.21. The first-order chi connectivity index (χ1) is 15.6. The molecule has 0 saturated carbocycles. The second-order valence-corrected chi connectivity index (χ2v) is 7.68. The Bertz CT molecular complexity index is 1100. The van der Waals surface area contributed by atoms with Crippen molar-refractivity contribution in [3.8, 4) is 17.1 Å². The smallest absolute Gasteiger partial charge is 0.405 e. The minimum atomic E-state index is -4.57. The molecule has 1 N–H and O–H groups in total. The van der Waals surface area contributed by atoms with Crippen molar-refractivity contribution in [2.45, 2.75) is 24.4 Å². The number of thioether (sulfide) groups is 1. The van der Waals surface area contributed by atoms with Crippen LogP contribution in [-0.4, -0.2) is 51.2 Å². The highest BCUT2D eigenvalue weighted by molar-refractivity contribution is 7.99. The highest BCUT2D eigenvalue weighted by atomic mass is 32.2. The zero-order valence-corrected chi connectivity index (χ0v) is 18.0. The zero-order valence-electron chi connectivity index (χ0n) is 17.2. The molecule has 0 saturated heterocycles. The van der Waals surface area contributed by atoms with Gasteiger partial charge in [0.1, 0.15) is 12.4 Å². The monoisotopic (exact) mass is 482 g/mol. The lowest BCUT2D eigenvalue weighted by molar-refractivity contribution is -0.155. The largest absolute Gasteiger partial charge is 0.452 e. The van der Waals surface area contributed by atoms with Crippen LogP contribution in [0.1, 0.15) is 6.92 Å². The number of esters is 1. The minimum absolute atomic E-state index is 0.273. The van der Waals surface area contributed by atoms with Gasteiger partial charge in [-0.25, -0.2) is 4.39 Å². The van der Waals surface area contributed by atoms with E-state index in [-0.39, 0.29) is 5.75 Å². The van der Waals surface area contributed by atoms with Crippen molar-refractivity contribution < 1.29 is 31.9 Å². The molecule has 12 heteroatoms. The average molecular weight is 482 g/mol. The number of hydrogen-bond donors (Lipinski definition) is 1. The van der Waals surface area contributed by atoms with E-state index in [0.29, 0.717) is 22.2 Å². The fraction of sp³-hybridized carbons (Fsp3) is 0.238. The van der Waals surface area contributed by atoms with Crippen molar-refractivity contribution in [1.29, 1.82) is 0 Å². The number of amides is 1. The van der Waals surface area contributed by atoms with Gasteiger partial charge in [-0.2, -0.15) is 13.2 Å². The fourth-order valence-electron chi connectivity index (χ4n) is 2.70. The standard InChI is InChI=1S/C21H18F4N4O3S/c1-13(19(31)26-12-21(23,24)25)32-17(30)11-33-20-28-27-18(14-7-9-15(22)10-8-14)29(20)16-5-3-2-4-6-16/h2-10,13H,11-12H2,1H3,(H,26,31). The Hall–Kier alpha value is -3.41. The summed E-state index contributed by atoms with van der Waals surface area (Å²) in [6, 6.07) is 14.7. The predicted molar refractivity (Wildman–Crippen MR) is 112 cm³/mol. The first-order valence-corrected chi connectivity index (χ1v) is 10.6. The molecule has 0 radical (unpaired) electrons. The van der Waals surface area contributed by atoms with Crippen LogP contribution in [0.15, 0.2) is 59.8 Å². The lowest BCUT2D eigenvalue weighted by Gasteiger charge is -2.14. The Kier molecular flexibility index (Phi) is 7.69. The van der Waals surface area contributed by atoms with E-state index in [1.807, 2.05) is 6.07 Å². The second kappa shape index (κ2) is 10.5. The molecule has 1 amide bonds. The highest BCUT2D eigenvalue weighted by Crippen LogP contribution is 2.28. The van der Waals surface area contributed by atoms with E-state index in [4.69, 9.17) is 4.74 Å². The molecule has 0 aliphatic rings. The van der Waals surface area contributed by atoms with Gasteiger partial charge in [0, 0.05) is 11.3 Å². The molecule has 1 aromatic heterocycles. The second-order valence-electron chi connectivity index (χ2n) is 6.74. The Morgan fingerprint density at radius 2 is 1.76 bits per heavy atom. The van der Waals surface area contributed by atoms with Crippen molar-refractivity contribution >= 4 is 23.6 Å². The number of para-hydroxylation sites is 1. The summed E-state index contributed by atoms with van der Waals surface area (Å²) >= 11 is 0.969. The SMILES string of the molecule is CC(OC(=O)CSc1nnc(-c2ccc(F)cc2)n1-c1ccccc1)C(=O)NCC(F)(F)F. The van der Waals surface area contributed by atoms with Crippen LogP contribution in [0.25, 0.3) is 17.1 Å². The molecule has 3 aromatic rings. The lowest BCUT2D eigenvalue weighted by Crippen LogP contribution is -2.41. The Balaban J connectivity index is 1.71. The number of nitrogens with zero attached hydrogens (tertiary/aromatic N) is 3. The summed E-state index contributed by atoms with van der Waals surface area (Å²) in [7, 11) is 0. The summed E-state index contributed by atoms with van der Waals surface area (Å²) in [5.41, 5.74) is 1.29. The van der Waals surface area contributed by atoms with Crippen LogP contribution >= 0.6 is 11.8 Å². The molecule has 1 atom stereocenters. The van der Waals surface area contributed by atoms with Crippen LogP contribution in [0.3, 0.4) is 0 Å². The number of benzene rings is 2. The molecule has 7 nitrogen and oxygen atoms in total. The van der Waals surface area contributed by atoms with E-state index in [9.17, 15) is 27.2 Å². The number of hydrogen-bond acceptors (Lipinski definition) is 6. The van der Waals surface area contributed by atoms with Crippen LogP contribution in [-0.2, 0) is 14.3 Å². The maximum Gasteiger partial charge on any atom is 0.405 e. The number of aromatic nitrogens is 3. The fourth-order valence-corrected chi connectivity index (χ4v) is 3.43. The van der Waals surface area contributed by atoms with Gasteiger partial charge >= 0.3 is 12.1 Å². The van der Waals surface area contributed by atoms with E-state index in [1.165, 1.54) is 19.1 Å². The molecule has 0 aliphatic carbocycles. The molecular formula is C21H18F4N4O3S. The number of ether oxygens (including phenoxy) is 1. The normalized spacial score (nSPS) is 12.3. The van der Waals surface area contributed by atoms with Crippen LogP contribution in [0, 0.1) is 5.82 Å². The molecule has 1 heterocycles. The molecule has 0 bridgehead atoms. The molecule has 1 unspecified atom stereocenters. The Morgan fingerprint density at radius 3 is 2.39 bits per heavy atom. The molecule has 0 aliphatic heterocycles. The van der Waals surface area contributed by atoms with Crippen LogP contribution in [0.2, 0.25) is 0 Å². The van der Waals surface area contributed by atoms with E-state index in [0.717, 1.165) is 11.8 Å². The summed E-state index contributed by atoms with van der Waals surface area (Å²) in [6.07, 6.45) is -5.97. The molecule has 174 valence electrons. The maximum atomic E-state index is 13.3. The Labute approximate surface area is 190 Å². The third kappa shape index (κ3) is 6.78. The summed E-state index contributed by atoms with van der Waals surface area (Å²) in [4.78, 5) is 23.8. The molecule has 0 spiro atoms. The number of carbonyl (C=O) groups is 2. The summed E-state index contributed by atoms with van der Waals surface area (Å²) in [5.74, 6) is -2.14. The number of nitrogens with one attached hydrogen (secondary N) is 1. The van der Waals surface area contributed by atoms with Gasteiger partial charge < -0.3 is 10.1 Å². The summed E-state index contributed by atoms with van der Waals surface area (Å²) < 4.78 is 56.5. The molecular weight excluding hydrogens is 464 g/mol. The van der Waals surface area contributed by atoms with Gasteiger partial charge in [0.15, 0.2) is 17.1 Å². The van der Waals surface area contributed by atoms with Crippen molar-refractivity contribution in [1.82, 2.24) is 20.1 Å². The number of alkyl halides is 3. The van der Waals surface area contributed by atoms with Gasteiger partial charge in [-0.3, -0.25) is 14.2 Å². The molecule has 2 aromatic carbocycles. The predicted octanol–water partition coefficient (Wildman–Crippen LogP) is 3.78. The van der Waals surface area contributed by atoms with Gasteiger partial charge in [-0.05, 0) is 43.3 Å². The lowest BCUT2D eigenvalue weighted by atomic mass is 10.2.